The molecule has 0 atom stereocenters. The van der Waals surface area contributed by atoms with Gasteiger partial charge in [0, 0.05) is 18.5 Å². The van der Waals surface area contributed by atoms with Crippen LogP contribution in [0.1, 0.15) is 5.69 Å². The van der Waals surface area contributed by atoms with Gasteiger partial charge in [0.1, 0.15) is 0 Å². The van der Waals surface area contributed by atoms with Gasteiger partial charge < -0.3 is 0 Å². The number of nitrogens with zero attached hydrogens (tertiary/aromatic N) is 4. The van der Waals surface area contributed by atoms with Crippen LogP contribution >= 0.6 is 0 Å². The summed E-state index contributed by atoms with van der Waals surface area (Å²) < 4.78 is 1.86. The Labute approximate surface area is 74.8 Å². The minimum atomic E-state index is 0.778. The molecule has 4 nitrogen and oxygen atoms in total. The lowest BCUT2D eigenvalue weighted by molar-refractivity contribution is 1.11. The Bertz CT molecular complexity index is 490. The number of imidazole rings is 1. The maximum atomic E-state index is 8.36. The van der Waals surface area contributed by atoms with E-state index >= 15 is 0 Å². The third-order valence-electron chi connectivity index (χ3n) is 1.67. The zero-order valence-electron chi connectivity index (χ0n) is 6.75. The van der Waals surface area contributed by atoms with Crippen molar-refractivity contribution in [1.82, 2.24) is 14.4 Å². The third-order valence-corrected chi connectivity index (χ3v) is 1.67. The van der Waals surface area contributed by atoms with Crippen LogP contribution in [0.15, 0.2) is 30.9 Å². The first-order valence-corrected chi connectivity index (χ1v) is 3.75. The van der Waals surface area contributed by atoms with Crippen molar-refractivity contribution in [1.29, 1.82) is 5.26 Å². The average molecular weight is 170 g/mol. The molecule has 0 N–H and O–H groups in total. The molecule has 0 saturated heterocycles. The molecule has 0 bridgehead atoms. The predicted molar refractivity (Wildman–Crippen MR) is 47.6 cm³/mol. The number of nitriles is 1. The van der Waals surface area contributed by atoms with E-state index in [1.165, 1.54) is 6.08 Å². The van der Waals surface area contributed by atoms with Crippen molar-refractivity contribution in [2.45, 2.75) is 0 Å². The van der Waals surface area contributed by atoms with E-state index in [1.807, 2.05) is 10.5 Å². The highest BCUT2D eigenvalue weighted by Crippen LogP contribution is 2.05. The fraction of sp³-hybridized carbons (Fsp3) is 0. The summed E-state index contributed by atoms with van der Waals surface area (Å²) in [6.45, 7) is 0. The zero-order chi connectivity index (χ0) is 9.10. The summed E-state index contributed by atoms with van der Waals surface area (Å²) in [5.41, 5.74) is 1.65. The van der Waals surface area contributed by atoms with Gasteiger partial charge in [0.2, 0.25) is 0 Å². The van der Waals surface area contributed by atoms with Crippen LogP contribution in [-0.4, -0.2) is 14.4 Å². The SMILES string of the molecule is N#CC=Cc1cnc2cnccn12. The van der Waals surface area contributed by atoms with Crippen molar-refractivity contribution < 1.29 is 0 Å². The molecule has 0 unspecified atom stereocenters. The molecule has 0 saturated carbocycles. The molecular weight excluding hydrogens is 164 g/mol. The van der Waals surface area contributed by atoms with E-state index in [0.717, 1.165) is 11.3 Å². The van der Waals surface area contributed by atoms with Crippen molar-refractivity contribution in [2.24, 2.45) is 0 Å². The van der Waals surface area contributed by atoms with Gasteiger partial charge in [-0.2, -0.15) is 5.26 Å². The molecule has 0 spiro atoms. The Morgan fingerprint density at radius 2 is 2.38 bits per heavy atom. The standard InChI is InChI=1S/C9H6N4/c10-3-1-2-8-6-12-9-7-11-4-5-13(8)9/h1-2,4-7H. The number of hydrogen-bond donors (Lipinski definition) is 0. The van der Waals surface area contributed by atoms with Gasteiger partial charge in [-0.25, -0.2) is 4.98 Å². The highest BCUT2D eigenvalue weighted by Gasteiger charge is 1.97. The summed E-state index contributed by atoms with van der Waals surface area (Å²) in [6, 6.07) is 1.93. The van der Waals surface area contributed by atoms with Crippen LogP contribution in [0.2, 0.25) is 0 Å². The van der Waals surface area contributed by atoms with E-state index in [1.54, 1.807) is 30.9 Å². The second kappa shape index (κ2) is 3.07. The quantitative estimate of drug-likeness (QED) is 0.605. The Kier molecular flexibility index (Phi) is 1.77. The second-order valence-corrected chi connectivity index (χ2v) is 2.45. The summed E-state index contributed by atoms with van der Waals surface area (Å²) in [4.78, 5) is 8.05. The molecule has 2 rings (SSSR count). The van der Waals surface area contributed by atoms with Gasteiger partial charge in [-0.1, -0.05) is 0 Å². The molecule has 0 aliphatic carbocycles. The Morgan fingerprint density at radius 1 is 1.46 bits per heavy atom. The van der Waals surface area contributed by atoms with Crippen molar-refractivity contribution in [3.63, 3.8) is 0 Å². The first kappa shape index (κ1) is 7.50. The molecule has 0 radical (unpaired) electrons. The van der Waals surface area contributed by atoms with Crippen LogP contribution < -0.4 is 0 Å². The third kappa shape index (κ3) is 1.27. The smallest absolute Gasteiger partial charge is 0.155 e. The molecule has 0 amide bonds. The minimum absolute atomic E-state index is 0.778. The van der Waals surface area contributed by atoms with Gasteiger partial charge in [0.05, 0.1) is 24.2 Å². The van der Waals surface area contributed by atoms with E-state index in [2.05, 4.69) is 9.97 Å². The zero-order valence-corrected chi connectivity index (χ0v) is 6.75. The molecule has 2 aromatic rings. The monoisotopic (exact) mass is 170 g/mol. The minimum Gasteiger partial charge on any atom is -0.297 e. The molecule has 13 heavy (non-hydrogen) atoms. The highest BCUT2D eigenvalue weighted by molar-refractivity contribution is 5.52. The maximum Gasteiger partial charge on any atom is 0.155 e. The molecule has 0 fully saturated rings. The molecule has 2 aromatic heterocycles. The number of aromatic nitrogens is 3. The molecule has 0 aliphatic rings. The van der Waals surface area contributed by atoms with Gasteiger partial charge >= 0.3 is 0 Å². The van der Waals surface area contributed by atoms with Crippen LogP contribution in [0.4, 0.5) is 0 Å². The van der Waals surface area contributed by atoms with E-state index in [4.69, 9.17) is 5.26 Å². The number of allylic oxidation sites excluding steroid dienone is 1. The number of rotatable bonds is 1. The number of fused-ring (bicyclic) bond motifs is 1. The molecular formula is C9H6N4. The maximum absolute atomic E-state index is 8.36. The van der Waals surface area contributed by atoms with Gasteiger partial charge in [-0.05, 0) is 6.08 Å². The van der Waals surface area contributed by atoms with Gasteiger partial charge in [0.25, 0.3) is 0 Å². The molecule has 2 heterocycles. The molecule has 62 valence electrons. The Morgan fingerprint density at radius 3 is 3.23 bits per heavy atom. The van der Waals surface area contributed by atoms with E-state index in [9.17, 15) is 0 Å². The van der Waals surface area contributed by atoms with Gasteiger partial charge in [-0.3, -0.25) is 9.38 Å². The van der Waals surface area contributed by atoms with E-state index < -0.39 is 0 Å². The number of hydrogen-bond acceptors (Lipinski definition) is 3. The van der Waals surface area contributed by atoms with Gasteiger partial charge in [0.15, 0.2) is 5.65 Å². The van der Waals surface area contributed by atoms with Crippen molar-refractivity contribution in [2.75, 3.05) is 0 Å². The fourth-order valence-corrected chi connectivity index (χ4v) is 1.11. The lowest BCUT2D eigenvalue weighted by Crippen LogP contribution is -1.86. The van der Waals surface area contributed by atoms with E-state index in [-0.39, 0.29) is 0 Å². The molecule has 0 aliphatic heterocycles. The lowest BCUT2D eigenvalue weighted by Gasteiger charge is -1.92. The van der Waals surface area contributed by atoms with Crippen LogP contribution in [0.5, 0.6) is 0 Å². The largest absolute Gasteiger partial charge is 0.297 e. The summed E-state index contributed by atoms with van der Waals surface area (Å²) in [5.74, 6) is 0. The van der Waals surface area contributed by atoms with Gasteiger partial charge in [-0.15, -0.1) is 0 Å². The topological polar surface area (TPSA) is 54.0 Å². The summed E-state index contributed by atoms with van der Waals surface area (Å²) in [7, 11) is 0. The predicted octanol–water partition coefficient (Wildman–Crippen LogP) is 1.27. The molecule has 4 heteroatoms. The lowest BCUT2D eigenvalue weighted by atomic mass is 10.4. The van der Waals surface area contributed by atoms with Crippen LogP contribution in [0, 0.1) is 11.3 Å². The van der Waals surface area contributed by atoms with Crippen LogP contribution in [0.25, 0.3) is 11.7 Å². The summed E-state index contributed by atoms with van der Waals surface area (Å²) in [6.07, 6.45) is 9.98. The molecule has 0 aromatic carbocycles. The van der Waals surface area contributed by atoms with E-state index in [0.29, 0.717) is 0 Å². The Hall–Kier alpha value is -2.15. The summed E-state index contributed by atoms with van der Waals surface area (Å²) in [5, 5.41) is 8.36. The van der Waals surface area contributed by atoms with Crippen molar-refractivity contribution >= 4 is 11.7 Å². The van der Waals surface area contributed by atoms with Crippen LogP contribution in [-0.2, 0) is 0 Å². The van der Waals surface area contributed by atoms with Crippen molar-refractivity contribution in [3.05, 3.63) is 36.6 Å². The fourth-order valence-electron chi connectivity index (χ4n) is 1.11. The average Bonchev–Trinajstić information content (AvgIpc) is 2.58. The first-order valence-electron chi connectivity index (χ1n) is 3.75. The van der Waals surface area contributed by atoms with Crippen LogP contribution in [0.3, 0.4) is 0 Å². The second-order valence-electron chi connectivity index (χ2n) is 2.45. The van der Waals surface area contributed by atoms with Crippen molar-refractivity contribution in [3.8, 4) is 6.07 Å². The normalized spacial score (nSPS) is 10.7. The first-order chi connectivity index (χ1) is 6.42. The Balaban J connectivity index is 2.59. The summed E-state index contributed by atoms with van der Waals surface area (Å²) >= 11 is 0. The highest BCUT2D eigenvalue weighted by atomic mass is 15.0.